The molecule has 0 fully saturated rings. The van der Waals surface area contributed by atoms with Crippen LogP contribution >= 0.6 is 11.6 Å². The van der Waals surface area contributed by atoms with Crippen molar-refractivity contribution in [2.45, 2.75) is 13.8 Å². The maximum Gasteiger partial charge on any atom is 0.343 e. The predicted octanol–water partition coefficient (Wildman–Crippen LogP) is 3.89. The minimum atomic E-state index is -0.982. The number of anilines is 1. The van der Waals surface area contributed by atoms with E-state index in [0.29, 0.717) is 5.69 Å². The van der Waals surface area contributed by atoms with Crippen LogP contribution in [0.4, 0.5) is 10.1 Å². The van der Waals surface area contributed by atoms with Crippen LogP contribution in [0.5, 0.6) is 0 Å². The fourth-order valence-electron chi connectivity index (χ4n) is 1.97. The molecule has 0 saturated carbocycles. The van der Waals surface area contributed by atoms with E-state index in [1.54, 1.807) is 6.07 Å². The van der Waals surface area contributed by atoms with Crippen molar-refractivity contribution >= 4 is 29.2 Å². The Bertz CT molecular complexity index is 741. The first kappa shape index (κ1) is 17.0. The van der Waals surface area contributed by atoms with Gasteiger partial charge in [0.05, 0.1) is 5.02 Å². The number of aryl methyl sites for hydroxylation is 1. The van der Waals surface area contributed by atoms with E-state index in [1.165, 1.54) is 12.1 Å². The summed E-state index contributed by atoms with van der Waals surface area (Å²) < 4.78 is 18.4. The zero-order chi connectivity index (χ0) is 17.0. The number of esters is 1. The number of rotatable bonds is 4. The minimum Gasteiger partial charge on any atom is -0.452 e. The molecule has 0 aliphatic rings. The van der Waals surface area contributed by atoms with E-state index < -0.39 is 24.3 Å². The Balaban J connectivity index is 1.99. The van der Waals surface area contributed by atoms with E-state index in [9.17, 15) is 14.0 Å². The number of benzene rings is 2. The maximum atomic E-state index is 13.6. The summed E-state index contributed by atoms with van der Waals surface area (Å²) in [6, 6.07) is 9.32. The molecule has 0 saturated heterocycles. The van der Waals surface area contributed by atoms with Gasteiger partial charge in [0.1, 0.15) is 11.4 Å². The van der Waals surface area contributed by atoms with Gasteiger partial charge in [0.25, 0.3) is 5.91 Å². The Kier molecular flexibility index (Phi) is 5.34. The molecule has 0 aromatic heterocycles. The summed E-state index contributed by atoms with van der Waals surface area (Å²) in [7, 11) is 0. The molecular weight excluding hydrogens is 321 g/mol. The van der Waals surface area contributed by atoms with Crippen LogP contribution in [-0.4, -0.2) is 18.5 Å². The molecule has 1 N–H and O–H groups in total. The molecule has 120 valence electrons. The minimum absolute atomic E-state index is 0.0649. The van der Waals surface area contributed by atoms with E-state index >= 15 is 0 Å². The van der Waals surface area contributed by atoms with Gasteiger partial charge in [-0.15, -0.1) is 0 Å². The molecule has 0 bridgehead atoms. The van der Waals surface area contributed by atoms with Crippen LogP contribution < -0.4 is 5.32 Å². The molecule has 1 amide bonds. The van der Waals surface area contributed by atoms with E-state index in [4.69, 9.17) is 16.3 Å². The third kappa shape index (κ3) is 4.07. The van der Waals surface area contributed by atoms with Crippen LogP contribution in [0.15, 0.2) is 36.4 Å². The molecule has 0 atom stereocenters. The van der Waals surface area contributed by atoms with E-state index in [0.717, 1.165) is 17.2 Å². The fourth-order valence-corrected chi connectivity index (χ4v) is 2.21. The zero-order valence-corrected chi connectivity index (χ0v) is 13.4. The highest BCUT2D eigenvalue weighted by Crippen LogP contribution is 2.20. The normalized spacial score (nSPS) is 10.3. The van der Waals surface area contributed by atoms with Gasteiger partial charge in [0.15, 0.2) is 6.61 Å². The van der Waals surface area contributed by atoms with Gasteiger partial charge in [0, 0.05) is 5.69 Å². The van der Waals surface area contributed by atoms with Crippen LogP contribution in [0.3, 0.4) is 0 Å². The Hall–Kier alpha value is -2.40. The quantitative estimate of drug-likeness (QED) is 0.862. The highest BCUT2D eigenvalue weighted by Gasteiger charge is 2.18. The molecule has 6 heteroatoms. The van der Waals surface area contributed by atoms with Gasteiger partial charge >= 0.3 is 5.97 Å². The van der Waals surface area contributed by atoms with E-state index in [2.05, 4.69) is 5.32 Å². The summed E-state index contributed by atoms with van der Waals surface area (Å²) in [5.74, 6) is -2.29. The molecule has 0 aliphatic carbocycles. The van der Waals surface area contributed by atoms with Gasteiger partial charge in [-0.2, -0.15) is 0 Å². The zero-order valence-electron chi connectivity index (χ0n) is 12.7. The number of carbonyl (C=O) groups excluding carboxylic acids is 2. The molecule has 0 aliphatic heterocycles. The van der Waals surface area contributed by atoms with Crippen molar-refractivity contribution in [3.8, 4) is 0 Å². The smallest absolute Gasteiger partial charge is 0.343 e. The van der Waals surface area contributed by atoms with Crippen LogP contribution in [0, 0.1) is 19.7 Å². The second-order valence-electron chi connectivity index (χ2n) is 4.97. The number of hydrogen-bond acceptors (Lipinski definition) is 3. The van der Waals surface area contributed by atoms with Crippen LogP contribution in [-0.2, 0) is 9.53 Å². The predicted molar refractivity (Wildman–Crippen MR) is 86.2 cm³/mol. The van der Waals surface area contributed by atoms with Gasteiger partial charge in [-0.1, -0.05) is 29.8 Å². The average Bonchev–Trinajstić information content (AvgIpc) is 2.49. The number of amides is 1. The largest absolute Gasteiger partial charge is 0.452 e. The Morgan fingerprint density at radius 3 is 2.57 bits per heavy atom. The Morgan fingerprint density at radius 2 is 1.87 bits per heavy atom. The van der Waals surface area contributed by atoms with Gasteiger partial charge in [-0.25, -0.2) is 9.18 Å². The molecule has 0 spiro atoms. The molecule has 0 heterocycles. The molecule has 2 aromatic carbocycles. The first-order valence-electron chi connectivity index (χ1n) is 6.87. The monoisotopic (exact) mass is 335 g/mol. The van der Waals surface area contributed by atoms with Crippen LogP contribution in [0.2, 0.25) is 5.02 Å². The average molecular weight is 336 g/mol. The van der Waals surface area contributed by atoms with Crippen molar-refractivity contribution in [1.82, 2.24) is 0 Å². The number of carbonyl (C=O) groups is 2. The molecular formula is C17H15ClFNO3. The number of ether oxygens (including phenoxy) is 1. The van der Waals surface area contributed by atoms with Crippen molar-refractivity contribution in [2.24, 2.45) is 0 Å². The van der Waals surface area contributed by atoms with Gasteiger partial charge in [-0.3, -0.25) is 4.79 Å². The number of halogens is 2. The lowest BCUT2D eigenvalue weighted by atomic mass is 10.1. The topological polar surface area (TPSA) is 55.4 Å². The third-order valence-corrected chi connectivity index (χ3v) is 3.69. The van der Waals surface area contributed by atoms with Crippen molar-refractivity contribution in [2.75, 3.05) is 11.9 Å². The molecule has 2 aromatic rings. The lowest BCUT2D eigenvalue weighted by Crippen LogP contribution is -2.22. The molecule has 0 unspecified atom stereocenters. The standard InChI is InChI=1S/C17H15ClFNO3/c1-10-5-3-8-14(11(10)2)20-15(21)9-23-17(22)16-12(18)6-4-7-13(16)19/h3-8H,9H2,1-2H3,(H,20,21). The SMILES string of the molecule is Cc1cccc(NC(=O)COC(=O)c2c(F)cccc2Cl)c1C. The Labute approximate surface area is 138 Å². The van der Waals surface area contributed by atoms with Gasteiger partial charge < -0.3 is 10.1 Å². The van der Waals surface area contributed by atoms with E-state index in [-0.39, 0.29) is 10.6 Å². The van der Waals surface area contributed by atoms with Gasteiger partial charge in [0.2, 0.25) is 0 Å². The summed E-state index contributed by atoms with van der Waals surface area (Å²) >= 11 is 5.77. The van der Waals surface area contributed by atoms with Crippen molar-refractivity contribution in [3.05, 3.63) is 63.9 Å². The fraction of sp³-hybridized carbons (Fsp3) is 0.176. The number of nitrogens with one attached hydrogen (secondary N) is 1. The summed E-state index contributed by atoms with van der Waals surface area (Å²) in [5, 5.41) is 2.58. The highest BCUT2D eigenvalue weighted by molar-refractivity contribution is 6.33. The second-order valence-corrected chi connectivity index (χ2v) is 5.38. The Morgan fingerprint density at radius 1 is 1.17 bits per heavy atom. The number of hydrogen-bond donors (Lipinski definition) is 1. The molecule has 23 heavy (non-hydrogen) atoms. The van der Waals surface area contributed by atoms with Crippen LogP contribution in [0.25, 0.3) is 0 Å². The third-order valence-electron chi connectivity index (χ3n) is 3.38. The van der Waals surface area contributed by atoms with Crippen molar-refractivity contribution < 1.29 is 18.7 Å². The van der Waals surface area contributed by atoms with E-state index in [1.807, 2.05) is 26.0 Å². The first-order chi connectivity index (χ1) is 10.9. The maximum absolute atomic E-state index is 13.6. The van der Waals surface area contributed by atoms with Crippen molar-refractivity contribution in [3.63, 3.8) is 0 Å². The van der Waals surface area contributed by atoms with Gasteiger partial charge in [-0.05, 0) is 43.2 Å². The summed E-state index contributed by atoms with van der Waals surface area (Å²) in [6.07, 6.45) is 0. The second kappa shape index (κ2) is 7.24. The molecule has 0 radical (unpaired) electrons. The lowest BCUT2D eigenvalue weighted by Gasteiger charge is -2.11. The van der Waals surface area contributed by atoms with Crippen LogP contribution in [0.1, 0.15) is 21.5 Å². The highest BCUT2D eigenvalue weighted by atomic mass is 35.5. The molecule has 4 nitrogen and oxygen atoms in total. The summed E-state index contributed by atoms with van der Waals surface area (Å²) in [6.45, 7) is 3.26. The molecule has 2 rings (SSSR count). The summed E-state index contributed by atoms with van der Waals surface area (Å²) in [5.41, 5.74) is 2.20. The first-order valence-corrected chi connectivity index (χ1v) is 7.25. The van der Waals surface area contributed by atoms with Crippen molar-refractivity contribution in [1.29, 1.82) is 0 Å². The summed E-state index contributed by atoms with van der Waals surface area (Å²) in [4.78, 5) is 23.7. The lowest BCUT2D eigenvalue weighted by molar-refractivity contribution is -0.119.